The predicted octanol–water partition coefficient (Wildman–Crippen LogP) is 10.9. The molecule has 1 aliphatic heterocycles. The Kier molecular flexibility index (Phi) is 19.2. The first-order chi connectivity index (χ1) is 31.0. The number of carbonyl (C=O) groups is 5. The maximum atomic E-state index is 13.2. The number of rotatable bonds is 18. The van der Waals surface area contributed by atoms with Gasteiger partial charge in [0.1, 0.15) is 57.8 Å². The monoisotopic (exact) mass is 984 g/mol. The SMILES string of the molecule is C[C@H]1CCC/C=C/[C@@H]2C[C@H](OC(=O)CCC(=O)OCCOc3ccc(-c4cc(=S)ss4)cc3)C[C@H]2[C@H](OC(=O)CCC(=O)OCCOc2ccc(-c3cc(=S)ss3)cc2)/C=C/C(=O)O1. The number of fused-ring (bicyclic) bond motifs is 1. The molecule has 64 heavy (non-hydrogen) atoms. The molecule has 0 saturated heterocycles. The van der Waals surface area contributed by atoms with Crippen molar-refractivity contribution >= 4 is 95.6 Å². The fraction of sp³-hybridized carbons (Fsp3) is 0.413. The minimum atomic E-state index is -0.888. The van der Waals surface area contributed by atoms with Crippen LogP contribution >= 0.6 is 65.8 Å². The molecule has 0 unspecified atom stereocenters. The molecule has 1 fully saturated rings. The standard InChI is InChI=1S/C46H48O12S6/c1-29-5-3-2-4-6-32-25-35(57-43(50)19-17-40(47)54-23-21-52-33-11-7-30(8-12-33)38-27-45(59)63-61-38)26-36(32)37(15-16-42(49)56-29)58-44(51)20-18-41(48)55-24-22-53-34-13-9-31(10-14-34)39-28-46(60)64-62-39/h4,6-16,27-29,32,35-37H,2-3,5,17-26H2,1H3/b6-4+,16-15+/t29-,32+,35-,36+,37+/m0/s1. The quantitative estimate of drug-likeness (QED) is 0.0232. The summed E-state index contributed by atoms with van der Waals surface area (Å²) in [7, 11) is 6.33. The van der Waals surface area contributed by atoms with Crippen molar-refractivity contribution in [2.75, 3.05) is 26.4 Å². The molecule has 1 saturated carbocycles. The fourth-order valence-electron chi connectivity index (χ4n) is 7.10. The summed E-state index contributed by atoms with van der Waals surface area (Å²) in [6, 6.07) is 19.0. The largest absolute Gasteiger partial charge is 0.490 e. The molecule has 2 aliphatic rings. The Morgan fingerprint density at radius 2 is 1.20 bits per heavy atom. The Labute approximate surface area is 396 Å². The molecule has 6 rings (SSSR count). The molecule has 5 atom stereocenters. The molecular formula is C46H48O12S6. The molecule has 3 heterocycles. The predicted molar refractivity (Wildman–Crippen MR) is 252 cm³/mol. The van der Waals surface area contributed by atoms with E-state index >= 15 is 0 Å². The highest BCUT2D eigenvalue weighted by molar-refractivity contribution is 7.80. The number of hydrogen-bond acceptors (Lipinski definition) is 18. The third-order valence-corrected chi connectivity index (χ3v) is 16.0. The van der Waals surface area contributed by atoms with Crippen LogP contribution in [0.15, 0.2) is 85.0 Å². The number of cyclic esters (lactones) is 1. The van der Waals surface area contributed by atoms with Crippen molar-refractivity contribution in [1.82, 2.24) is 0 Å². The average Bonchev–Trinajstić information content (AvgIpc) is 4.03. The number of allylic oxidation sites excluding steroid dienone is 2. The number of benzene rings is 2. The average molecular weight is 985 g/mol. The van der Waals surface area contributed by atoms with Crippen LogP contribution in [0.3, 0.4) is 0 Å². The molecule has 0 bridgehead atoms. The maximum absolute atomic E-state index is 13.2. The van der Waals surface area contributed by atoms with E-state index in [0.29, 0.717) is 30.8 Å². The summed E-state index contributed by atoms with van der Waals surface area (Å²) in [4.78, 5) is 66.0. The van der Waals surface area contributed by atoms with Crippen LogP contribution in [0, 0.1) is 19.5 Å². The second-order valence-corrected chi connectivity index (χ2v) is 20.8. The molecule has 2 aromatic carbocycles. The number of hydrogen-bond donors (Lipinski definition) is 0. The van der Waals surface area contributed by atoms with Crippen LogP contribution in [0.5, 0.6) is 11.5 Å². The first kappa shape index (κ1) is 48.9. The van der Waals surface area contributed by atoms with Gasteiger partial charge in [0.2, 0.25) is 0 Å². The van der Waals surface area contributed by atoms with Gasteiger partial charge in [-0.15, -0.1) is 0 Å². The van der Waals surface area contributed by atoms with Crippen LogP contribution in [-0.2, 0) is 47.7 Å². The molecule has 0 N–H and O–H groups in total. The molecule has 340 valence electrons. The third kappa shape index (κ3) is 16.1. The molecule has 2 aromatic heterocycles. The van der Waals surface area contributed by atoms with E-state index in [0.717, 1.165) is 41.4 Å². The van der Waals surface area contributed by atoms with Gasteiger partial charge in [0.15, 0.2) is 0 Å². The van der Waals surface area contributed by atoms with Gasteiger partial charge in [0.05, 0.1) is 31.8 Å². The van der Waals surface area contributed by atoms with Crippen molar-refractivity contribution in [3.05, 3.63) is 92.6 Å². The van der Waals surface area contributed by atoms with Crippen LogP contribution in [0.2, 0.25) is 0 Å². The Morgan fingerprint density at radius 1 is 0.672 bits per heavy atom. The van der Waals surface area contributed by atoms with Crippen LogP contribution in [0.25, 0.3) is 20.9 Å². The van der Waals surface area contributed by atoms with E-state index < -0.39 is 42.1 Å². The van der Waals surface area contributed by atoms with E-state index in [1.807, 2.05) is 79.7 Å². The molecule has 1 aliphatic carbocycles. The number of carbonyl (C=O) groups excluding carboxylic acids is 5. The molecule has 0 radical (unpaired) electrons. The molecular weight excluding hydrogens is 937 g/mol. The minimum Gasteiger partial charge on any atom is -0.490 e. The Bertz CT molecular complexity index is 2360. The maximum Gasteiger partial charge on any atom is 0.330 e. The van der Waals surface area contributed by atoms with Gasteiger partial charge in [0, 0.05) is 21.7 Å². The highest BCUT2D eigenvalue weighted by atomic mass is 32.9. The van der Waals surface area contributed by atoms with Gasteiger partial charge >= 0.3 is 29.8 Å². The van der Waals surface area contributed by atoms with Crippen molar-refractivity contribution in [2.24, 2.45) is 11.8 Å². The molecule has 0 spiro atoms. The highest BCUT2D eigenvalue weighted by Crippen LogP contribution is 2.40. The first-order valence-electron chi connectivity index (χ1n) is 20.9. The van der Waals surface area contributed by atoms with Crippen LogP contribution in [-0.4, -0.2) is 74.6 Å². The van der Waals surface area contributed by atoms with Crippen molar-refractivity contribution in [3.8, 4) is 32.4 Å². The second-order valence-electron chi connectivity index (χ2n) is 15.0. The normalized spacial score (nSPS) is 20.8. The third-order valence-electron chi connectivity index (χ3n) is 10.2. The molecule has 12 nitrogen and oxygen atoms in total. The summed E-state index contributed by atoms with van der Waals surface area (Å²) in [5.74, 6) is -2.20. The van der Waals surface area contributed by atoms with E-state index in [4.69, 9.17) is 57.6 Å². The topological polar surface area (TPSA) is 150 Å². The van der Waals surface area contributed by atoms with Crippen LogP contribution in [0.1, 0.15) is 64.7 Å². The smallest absolute Gasteiger partial charge is 0.330 e. The number of esters is 5. The van der Waals surface area contributed by atoms with Gasteiger partial charge in [-0.25, -0.2) is 4.79 Å². The lowest BCUT2D eigenvalue weighted by Crippen LogP contribution is -2.28. The number of ether oxygens (including phenoxy) is 7. The van der Waals surface area contributed by atoms with Crippen molar-refractivity contribution < 1.29 is 57.1 Å². The molecule has 18 heteroatoms. The zero-order valence-electron chi connectivity index (χ0n) is 35.0. The van der Waals surface area contributed by atoms with E-state index in [-0.39, 0.29) is 70.1 Å². The highest BCUT2D eigenvalue weighted by Gasteiger charge is 2.40. The van der Waals surface area contributed by atoms with E-state index in [2.05, 4.69) is 0 Å². The van der Waals surface area contributed by atoms with Gasteiger partial charge in [0.25, 0.3) is 0 Å². The second kappa shape index (κ2) is 25.2. The summed E-state index contributed by atoms with van der Waals surface area (Å²) in [6.07, 6.45) is 7.30. The Hall–Kier alpha value is -4.59. The Balaban J connectivity index is 0.937. The summed E-state index contributed by atoms with van der Waals surface area (Å²) in [5.41, 5.74) is 2.08. The molecule has 4 aromatic rings. The van der Waals surface area contributed by atoms with Crippen molar-refractivity contribution in [3.63, 3.8) is 0 Å². The zero-order chi connectivity index (χ0) is 45.3. The van der Waals surface area contributed by atoms with E-state index in [9.17, 15) is 24.0 Å². The van der Waals surface area contributed by atoms with Crippen molar-refractivity contribution in [1.29, 1.82) is 0 Å². The van der Waals surface area contributed by atoms with Crippen LogP contribution in [0.4, 0.5) is 0 Å². The lowest BCUT2D eigenvalue weighted by atomic mass is 9.89. The Morgan fingerprint density at radius 3 is 1.73 bits per heavy atom. The van der Waals surface area contributed by atoms with Gasteiger partial charge < -0.3 is 33.2 Å². The first-order valence-corrected chi connectivity index (χ1v) is 26.0. The molecule has 0 amide bonds. The lowest BCUT2D eigenvalue weighted by molar-refractivity contribution is -0.155. The van der Waals surface area contributed by atoms with E-state index in [1.165, 1.54) is 12.2 Å². The van der Waals surface area contributed by atoms with Gasteiger partial charge in [-0.1, -0.05) is 77.9 Å². The zero-order valence-corrected chi connectivity index (χ0v) is 39.9. The van der Waals surface area contributed by atoms with Crippen LogP contribution < -0.4 is 9.47 Å². The summed E-state index contributed by atoms with van der Waals surface area (Å²) in [5, 5.41) is 0. The fourth-order valence-corrected chi connectivity index (χ4v) is 11.9. The summed E-state index contributed by atoms with van der Waals surface area (Å²) < 4.78 is 40.9. The van der Waals surface area contributed by atoms with Crippen molar-refractivity contribution in [2.45, 2.75) is 83.0 Å². The van der Waals surface area contributed by atoms with Gasteiger partial charge in [-0.3, -0.25) is 19.2 Å². The lowest BCUT2D eigenvalue weighted by Gasteiger charge is -2.24. The van der Waals surface area contributed by atoms with Gasteiger partial charge in [-0.05, 0) is 123 Å². The summed E-state index contributed by atoms with van der Waals surface area (Å²) in [6.45, 7) is 2.10. The van der Waals surface area contributed by atoms with E-state index in [1.54, 1.807) is 41.4 Å². The summed E-state index contributed by atoms with van der Waals surface area (Å²) >= 11 is 10.4. The minimum absolute atomic E-state index is 0.00978. The van der Waals surface area contributed by atoms with Gasteiger partial charge in [-0.2, -0.15) is 0 Å².